The van der Waals surface area contributed by atoms with Crippen molar-refractivity contribution in [3.8, 4) is 16.9 Å². The van der Waals surface area contributed by atoms with E-state index in [9.17, 15) is 9.59 Å². The third-order valence-electron chi connectivity index (χ3n) is 6.29. The van der Waals surface area contributed by atoms with Gasteiger partial charge in [-0.15, -0.1) is 0 Å². The van der Waals surface area contributed by atoms with E-state index in [0.29, 0.717) is 32.9 Å². The third kappa shape index (κ3) is 4.71. The maximum atomic E-state index is 13.6. The Balaban J connectivity index is 1.56. The van der Waals surface area contributed by atoms with E-state index in [0.717, 1.165) is 11.1 Å². The number of hydrogen-bond donors (Lipinski definition) is 2. The van der Waals surface area contributed by atoms with E-state index in [1.165, 1.54) is 0 Å². The number of carbonyl (C=O) groups excluding carboxylic acids is 1. The normalized spacial score (nSPS) is 11.9. The van der Waals surface area contributed by atoms with Crippen LogP contribution in [0, 0.1) is 6.92 Å². The highest BCUT2D eigenvalue weighted by Crippen LogP contribution is 2.26. The molecule has 0 radical (unpaired) electrons. The van der Waals surface area contributed by atoms with Gasteiger partial charge in [0.25, 0.3) is 11.5 Å². The summed E-state index contributed by atoms with van der Waals surface area (Å²) in [5, 5.41) is 4.48. The number of hydrogen-bond acceptors (Lipinski definition) is 4. The van der Waals surface area contributed by atoms with Crippen LogP contribution in [0.25, 0.3) is 27.7 Å². The van der Waals surface area contributed by atoms with Crippen LogP contribution in [0.5, 0.6) is 0 Å². The van der Waals surface area contributed by atoms with Crippen molar-refractivity contribution in [2.45, 2.75) is 19.9 Å². The number of nitrogens with two attached hydrogens (primary N) is 1. The smallest absolute Gasteiger partial charge is 0.272 e. The topological polar surface area (TPSA) is 90.0 Å². The third-order valence-corrected chi connectivity index (χ3v) is 6.60. The zero-order chi connectivity index (χ0) is 26.1. The van der Waals surface area contributed by atoms with Crippen LogP contribution in [0.3, 0.4) is 0 Å². The number of aryl methyl sites for hydroxylation is 1. The first kappa shape index (κ1) is 24.3. The molecule has 0 saturated carbocycles. The number of carbonyl (C=O) groups is 1. The van der Waals surface area contributed by atoms with E-state index in [4.69, 9.17) is 17.3 Å². The molecular weight excluding hydrogens is 484 g/mol. The fourth-order valence-electron chi connectivity index (χ4n) is 4.46. The van der Waals surface area contributed by atoms with Gasteiger partial charge in [-0.2, -0.15) is 0 Å². The number of fused-ring (bicyclic) bond motifs is 1. The summed E-state index contributed by atoms with van der Waals surface area (Å²) in [5.74, 6) is -0.433. The molecule has 1 amide bonds. The van der Waals surface area contributed by atoms with Crippen molar-refractivity contribution in [3.63, 3.8) is 0 Å². The van der Waals surface area contributed by atoms with E-state index < -0.39 is 11.9 Å². The van der Waals surface area contributed by atoms with Crippen LogP contribution < -0.4 is 16.6 Å². The molecule has 1 atom stereocenters. The fourth-order valence-corrected chi connectivity index (χ4v) is 4.72. The van der Waals surface area contributed by atoms with Crippen LogP contribution in [-0.4, -0.2) is 15.5 Å². The Morgan fingerprint density at radius 2 is 1.73 bits per heavy atom. The molecule has 6 nitrogen and oxygen atoms in total. The second-order valence-corrected chi connectivity index (χ2v) is 9.36. The number of rotatable bonds is 5. The van der Waals surface area contributed by atoms with Gasteiger partial charge < -0.3 is 11.1 Å². The van der Waals surface area contributed by atoms with Crippen molar-refractivity contribution < 1.29 is 4.79 Å². The number of anilines is 1. The van der Waals surface area contributed by atoms with Gasteiger partial charge in [0.05, 0.1) is 27.8 Å². The lowest BCUT2D eigenvalue weighted by Crippen LogP contribution is -2.33. The summed E-state index contributed by atoms with van der Waals surface area (Å²) >= 11 is 6.41. The average Bonchev–Trinajstić information content (AvgIpc) is 2.89. The van der Waals surface area contributed by atoms with Crippen LogP contribution in [0.2, 0.25) is 5.02 Å². The van der Waals surface area contributed by atoms with Crippen LogP contribution in [0.15, 0.2) is 95.8 Å². The standard InChI is InChI=1S/C30H25ClN4O2/c1-18-8-6-9-20(16-18)25-15-14-24(32)28(34-25)29(36)33-19(2)26-17-21-10-7-13-23(31)27(21)30(37)35(26)22-11-4-3-5-12-22/h3-17,19H,32H2,1-2H3,(H,33,36). The minimum Gasteiger partial charge on any atom is -0.397 e. The Morgan fingerprint density at radius 1 is 0.973 bits per heavy atom. The molecule has 2 heterocycles. The van der Waals surface area contributed by atoms with Gasteiger partial charge in [-0.25, -0.2) is 4.98 Å². The molecule has 2 aromatic heterocycles. The van der Waals surface area contributed by atoms with Gasteiger partial charge in [-0.3, -0.25) is 14.2 Å². The van der Waals surface area contributed by atoms with Crippen LogP contribution >= 0.6 is 11.6 Å². The molecule has 0 aliphatic carbocycles. The van der Waals surface area contributed by atoms with Crippen molar-refractivity contribution >= 4 is 34.0 Å². The van der Waals surface area contributed by atoms with Gasteiger partial charge in [0.15, 0.2) is 5.69 Å². The van der Waals surface area contributed by atoms with Gasteiger partial charge >= 0.3 is 0 Å². The highest BCUT2D eigenvalue weighted by atomic mass is 35.5. The van der Waals surface area contributed by atoms with E-state index in [-0.39, 0.29) is 16.9 Å². The number of benzene rings is 3. The molecule has 0 fully saturated rings. The maximum Gasteiger partial charge on any atom is 0.272 e. The van der Waals surface area contributed by atoms with Gasteiger partial charge in [0.1, 0.15) is 0 Å². The molecule has 3 aromatic carbocycles. The number of amides is 1. The molecule has 0 aliphatic heterocycles. The summed E-state index contributed by atoms with van der Waals surface area (Å²) in [5.41, 5.74) is 10.2. The van der Waals surface area contributed by atoms with Crippen LogP contribution in [0.4, 0.5) is 5.69 Å². The van der Waals surface area contributed by atoms with Gasteiger partial charge in [0, 0.05) is 16.9 Å². The molecular formula is C30H25ClN4O2. The lowest BCUT2D eigenvalue weighted by molar-refractivity contribution is 0.0935. The fraction of sp³-hybridized carbons (Fsp3) is 0.100. The second kappa shape index (κ2) is 9.91. The Bertz CT molecular complexity index is 1700. The first-order valence-corrected chi connectivity index (χ1v) is 12.3. The summed E-state index contributed by atoms with van der Waals surface area (Å²) < 4.78 is 1.58. The molecule has 3 N–H and O–H groups in total. The number of nitrogen functional groups attached to an aromatic ring is 1. The monoisotopic (exact) mass is 508 g/mol. The molecule has 184 valence electrons. The van der Waals surface area contributed by atoms with Crippen LogP contribution in [0.1, 0.15) is 34.7 Å². The highest BCUT2D eigenvalue weighted by Gasteiger charge is 2.21. The molecule has 37 heavy (non-hydrogen) atoms. The molecule has 0 aliphatic rings. The molecule has 5 rings (SSSR count). The molecule has 0 saturated heterocycles. The van der Waals surface area contributed by atoms with Crippen LogP contribution in [-0.2, 0) is 0 Å². The van der Waals surface area contributed by atoms with E-state index in [1.54, 1.807) is 28.8 Å². The number of nitrogens with zero attached hydrogens (tertiary/aromatic N) is 2. The first-order valence-electron chi connectivity index (χ1n) is 11.9. The Hall–Kier alpha value is -4.42. The quantitative estimate of drug-likeness (QED) is 0.300. The Labute approximate surface area is 219 Å². The predicted molar refractivity (Wildman–Crippen MR) is 149 cm³/mol. The van der Waals surface area contributed by atoms with Crippen molar-refractivity contribution in [3.05, 3.63) is 123 Å². The van der Waals surface area contributed by atoms with E-state index in [2.05, 4.69) is 10.3 Å². The zero-order valence-corrected chi connectivity index (χ0v) is 21.2. The SMILES string of the molecule is Cc1cccc(-c2ccc(N)c(C(=O)NC(C)c3cc4cccc(Cl)c4c(=O)n3-c3ccccc3)n2)c1. The van der Waals surface area contributed by atoms with Crippen molar-refractivity contribution in [1.82, 2.24) is 14.9 Å². The molecule has 5 aromatic rings. The maximum absolute atomic E-state index is 13.6. The van der Waals surface area contributed by atoms with E-state index in [1.807, 2.05) is 80.6 Å². The largest absolute Gasteiger partial charge is 0.397 e. The lowest BCUT2D eigenvalue weighted by Gasteiger charge is -2.21. The lowest BCUT2D eigenvalue weighted by atomic mass is 10.1. The summed E-state index contributed by atoms with van der Waals surface area (Å²) in [6.07, 6.45) is 0. The minimum atomic E-state index is -0.549. The molecule has 1 unspecified atom stereocenters. The van der Waals surface area contributed by atoms with Gasteiger partial charge in [0.2, 0.25) is 0 Å². The number of halogens is 1. The predicted octanol–water partition coefficient (Wildman–Crippen LogP) is 6.09. The van der Waals surface area contributed by atoms with Crippen molar-refractivity contribution in [2.75, 3.05) is 5.73 Å². The van der Waals surface area contributed by atoms with E-state index >= 15 is 0 Å². The average molecular weight is 509 g/mol. The summed E-state index contributed by atoms with van der Waals surface area (Å²) in [6.45, 7) is 3.82. The second-order valence-electron chi connectivity index (χ2n) is 8.95. The van der Waals surface area contributed by atoms with Gasteiger partial charge in [-0.1, -0.05) is 65.7 Å². The number of nitrogens with one attached hydrogen (secondary N) is 1. The van der Waals surface area contributed by atoms with Crippen molar-refractivity contribution in [1.29, 1.82) is 0 Å². The van der Waals surface area contributed by atoms with Gasteiger partial charge in [-0.05, 0) is 61.7 Å². The Kier molecular flexibility index (Phi) is 6.51. The summed E-state index contributed by atoms with van der Waals surface area (Å²) in [7, 11) is 0. The minimum absolute atomic E-state index is 0.128. The number of pyridine rings is 2. The molecule has 7 heteroatoms. The molecule has 0 bridgehead atoms. The summed E-state index contributed by atoms with van der Waals surface area (Å²) in [4.78, 5) is 31.6. The Morgan fingerprint density at radius 3 is 2.49 bits per heavy atom. The summed E-state index contributed by atoms with van der Waals surface area (Å²) in [6, 6.07) is 27.3. The highest BCUT2D eigenvalue weighted by molar-refractivity contribution is 6.35. The number of aromatic nitrogens is 2. The zero-order valence-electron chi connectivity index (χ0n) is 20.4. The molecule has 0 spiro atoms. The first-order chi connectivity index (χ1) is 17.8. The van der Waals surface area contributed by atoms with Crippen molar-refractivity contribution in [2.24, 2.45) is 0 Å². The number of para-hydroxylation sites is 1.